The van der Waals surface area contributed by atoms with Crippen molar-refractivity contribution in [3.05, 3.63) is 79.6 Å². The molecule has 3 aromatic rings. The van der Waals surface area contributed by atoms with Gasteiger partial charge in [0.25, 0.3) is 11.6 Å². The highest BCUT2D eigenvalue weighted by molar-refractivity contribution is 6.06. The zero-order chi connectivity index (χ0) is 22.2. The van der Waals surface area contributed by atoms with Crippen LogP contribution >= 0.6 is 0 Å². The molecule has 1 N–H and O–H groups in total. The Bertz CT molecular complexity index is 1230. The molecule has 2 aromatic carbocycles. The molecule has 0 spiro atoms. The van der Waals surface area contributed by atoms with Gasteiger partial charge in [-0.2, -0.15) is 13.2 Å². The van der Waals surface area contributed by atoms with Gasteiger partial charge in [0.2, 0.25) is 5.43 Å². The third kappa shape index (κ3) is 3.76. The number of nitro groups is 1. The number of aromatic nitrogens is 1. The maximum Gasteiger partial charge on any atom is 0.416 e. The minimum atomic E-state index is -4.64. The summed E-state index contributed by atoms with van der Waals surface area (Å²) in [6, 6.07) is 6.86. The summed E-state index contributed by atoms with van der Waals surface area (Å²) in [5.41, 5.74) is -1.86. The predicted molar refractivity (Wildman–Crippen MR) is 105 cm³/mol. The molecular weight excluding hydrogens is 403 g/mol. The molecule has 0 bridgehead atoms. The number of halogens is 3. The number of aryl methyl sites for hydroxylation is 1. The van der Waals surface area contributed by atoms with E-state index in [9.17, 15) is 32.9 Å². The van der Waals surface area contributed by atoms with E-state index in [2.05, 4.69) is 5.32 Å². The molecule has 0 unspecified atom stereocenters. The van der Waals surface area contributed by atoms with E-state index in [0.29, 0.717) is 6.54 Å². The van der Waals surface area contributed by atoms with E-state index in [1.807, 2.05) is 0 Å². The summed E-state index contributed by atoms with van der Waals surface area (Å²) in [5.74, 6) is -0.870. The molecule has 0 atom stereocenters. The first-order valence-corrected chi connectivity index (χ1v) is 8.84. The summed E-state index contributed by atoms with van der Waals surface area (Å²) in [5, 5.41) is 13.3. The van der Waals surface area contributed by atoms with Gasteiger partial charge in [-0.15, -0.1) is 0 Å². The van der Waals surface area contributed by atoms with Gasteiger partial charge in [0.05, 0.1) is 27.3 Å². The lowest BCUT2D eigenvalue weighted by atomic mass is 10.1. The molecule has 0 fully saturated rings. The van der Waals surface area contributed by atoms with Crippen molar-refractivity contribution in [2.75, 3.05) is 5.32 Å². The van der Waals surface area contributed by atoms with E-state index in [0.717, 1.165) is 12.1 Å². The summed E-state index contributed by atoms with van der Waals surface area (Å²) in [6.07, 6.45) is -3.38. The van der Waals surface area contributed by atoms with Gasteiger partial charge in [0.1, 0.15) is 5.56 Å². The molecule has 30 heavy (non-hydrogen) atoms. The van der Waals surface area contributed by atoms with E-state index in [4.69, 9.17) is 0 Å². The van der Waals surface area contributed by atoms with Crippen molar-refractivity contribution < 1.29 is 22.9 Å². The van der Waals surface area contributed by atoms with Crippen molar-refractivity contribution >= 4 is 28.2 Å². The first-order valence-electron chi connectivity index (χ1n) is 8.84. The molecule has 1 amide bonds. The fourth-order valence-electron chi connectivity index (χ4n) is 3.14. The summed E-state index contributed by atoms with van der Waals surface area (Å²) in [6.45, 7) is 3.46. The molecule has 0 radical (unpaired) electrons. The lowest BCUT2D eigenvalue weighted by Gasteiger charge is -2.14. The summed E-state index contributed by atoms with van der Waals surface area (Å²) >= 11 is 0. The van der Waals surface area contributed by atoms with Crippen LogP contribution in [0.2, 0.25) is 0 Å². The number of anilines is 1. The van der Waals surface area contributed by atoms with Crippen LogP contribution in [0.25, 0.3) is 10.9 Å². The fourth-order valence-corrected chi connectivity index (χ4v) is 3.14. The number of nitrogens with one attached hydrogen (secondary N) is 1. The predicted octanol–water partition coefficient (Wildman–Crippen LogP) is 4.51. The highest BCUT2D eigenvalue weighted by atomic mass is 19.4. The average molecular weight is 419 g/mol. The lowest BCUT2D eigenvalue weighted by Crippen LogP contribution is -2.24. The van der Waals surface area contributed by atoms with Crippen LogP contribution in [-0.2, 0) is 12.7 Å². The molecular formula is C20H16F3N3O4. The van der Waals surface area contributed by atoms with Crippen molar-refractivity contribution in [3.63, 3.8) is 0 Å². The molecule has 0 saturated heterocycles. The topological polar surface area (TPSA) is 94.2 Å². The number of nitrogens with zero attached hydrogens (tertiary/aromatic N) is 2. The molecule has 7 nitrogen and oxygen atoms in total. The van der Waals surface area contributed by atoms with Gasteiger partial charge in [-0.25, -0.2) is 0 Å². The Morgan fingerprint density at radius 1 is 1.23 bits per heavy atom. The monoisotopic (exact) mass is 419 g/mol. The SMILES string of the molecule is CCn1cc(C(=O)Nc2cccc([N+](=O)[O-])c2C)c(=O)c2cc(C(F)(F)F)ccc21. The van der Waals surface area contributed by atoms with Crippen molar-refractivity contribution in [3.8, 4) is 0 Å². The normalized spacial score (nSPS) is 11.5. The summed E-state index contributed by atoms with van der Waals surface area (Å²) in [7, 11) is 0. The number of fused-ring (bicyclic) bond motifs is 1. The summed E-state index contributed by atoms with van der Waals surface area (Å²) in [4.78, 5) is 36.0. The van der Waals surface area contributed by atoms with Crippen LogP contribution in [0.15, 0.2) is 47.4 Å². The number of amides is 1. The number of alkyl halides is 3. The lowest BCUT2D eigenvalue weighted by molar-refractivity contribution is -0.385. The van der Waals surface area contributed by atoms with E-state index in [1.165, 1.54) is 42.0 Å². The zero-order valence-electron chi connectivity index (χ0n) is 15.9. The third-order valence-electron chi connectivity index (χ3n) is 4.74. The molecule has 0 aliphatic rings. The van der Waals surface area contributed by atoms with Crippen LogP contribution in [0.5, 0.6) is 0 Å². The second-order valence-electron chi connectivity index (χ2n) is 6.55. The van der Waals surface area contributed by atoms with Gasteiger partial charge >= 0.3 is 6.18 Å². The molecule has 0 saturated carbocycles. The van der Waals surface area contributed by atoms with Crippen molar-refractivity contribution in [2.45, 2.75) is 26.6 Å². The number of hydrogen-bond donors (Lipinski definition) is 1. The smallest absolute Gasteiger partial charge is 0.347 e. The molecule has 3 rings (SSSR count). The van der Waals surface area contributed by atoms with Crippen LogP contribution in [-0.4, -0.2) is 15.4 Å². The highest BCUT2D eigenvalue weighted by Crippen LogP contribution is 2.31. The summed E-state index contributed by atoms with van der Waals surface area (Å²) < 4.78 is 40.7. The van der Waals surface area contributed by atoms with E-state index < -0.39 is 28.0 Å². The number of nitro benzene ring substituents is 1. The Kier molecular flexibility index (Phi) is 5.34. The third-order valence-corrected chi connectivity index (χ3v) is 4.74. The Morgan fingerprint density at radius 2 is 1.93 bits per heavy atom. The molecule has 10 heteroatoms. The number of pyridine rings is 1. The van der Waals surface area contributed by atoms with Gasteiger partial charge < -0.3 is 9.88 Å². The quantitative estimate of drug-likeness (QED) is 0.497. The van der Waals surface area contributed by atoms with Crippen LogP contribution in [0.1, 0.15) is 28.4 Å². The van der Waals surface area contributed by atoms with Gasteiger partial charge in [0, 0.05) is 24.2 Å². The van der Waals surface area contributed by atoms with Gasteiger partial charge in [-0.1, -0.05) is 6.07 Å². The first-order chi connectivity index (χ1) is 14.0. The van der Waals surface area contributed by atoms with Gasteiger partial charge in [-0.05, 0) is 38.1 Å². The van der Waals surface area contributed by atoms with Crippen LogP contribution in [0.4, 0.5) is 24.5 Å². The molecule has 1 aromatic heterocycles. The van der Waals surface area contributed by atoms with Gasteiger partial charge in [-0.3, -0.25) is 19.7 Å². The Balaban J connectivity index is 2.13. The molecule has 0 aliphatic heterocycles. The zero-order valence-corrected chi connectivity index (χ0v) is 15.9. The fraction of sp³-hybridized carbons (Fsp3) is 0.200. The second-order valence-corrected chi connectivity index (χ2v) is 6.55. The number of carbonyl (C=O) groups excluding carboxylic acids is 1. The average Bonchev–Trinajstić information content (AvgIpc) is 2.68. The van der Waals surface area contributed by atoms with Crippen LogP contribution < -0.4 is 10.7 Å². The second kappa shape index (κ2) is 7.62. The standard InChI is InChI=1S/C20H16F3N3O4/c1-3-25-10-14(18(27)13-9-12(20(21,22)23)7-8-17(13)25)19(28)24-15-5-4-6-16(11(15)2)26(29)30/h4-10H,3H2,1-2H3,(H,24,28). The number of hydrogen-bond acceptors (Lipinski definition) is 4. The molecule has 156 valence electrons. The van der Waals surface area contributed by atoms with E-state index in [-0.39, 0.29) is 33.4 Å². The Labute approximate surface area is 167 Å². The van der Waals surface area contributed by atoms with Crippen LogP contribution in [0.3, 0.4) is 0 Å². The van der Waals surface area contributed by atoms with Crippen molar-refractivity contribution in [2.24, 2.45) is 0 Å². The van der Waals surface area contributed by atoms with Crippen LogP contribution in [0, 0.1) is 17.0 Å². The van der Waals surface area contributed by atoms with E-state index >= 15 is 0 Å². The van der Waals surface area contributed by atoms with E-state index in [1.54, 1.807) is 6.92 Å². The Hall–Kier alpha value is -3.69. The number of carbonyl (C=O) groups is 1. The van der Waals surface area contributed by atoms with Crippen molar-refractivity contribution in [1.82, 2.24) is 4.57 Å². The minimum absolute atomic E-state index is 0.126. The Morgan fingerprint density at radius 3 is 2.53 bits per heavy atom. The molecule has 0 aliphatic carbocycles. The van der Waals surface area contributed by atoms with Crippen molar-refractivity contribution in [1.29, 1.82) is 0 Å². The maximum atomic E-state index is 13.1. The van der Waals surface area contributed by atoms with Gasteiger partial charge in [0.15, 0.2) is 0 Å². The first kappa shape index (κ1) is 21.0. The number of benzene rings is 2. The maximum absolute atomic E-state index is 13.1. The largest absolute Gasteiger partial charge is 0.416 e. The minimum Gasteiger partial charge on any atom is -0.347 e. The molecule has 1 heterocycles. The number of rotatable bonds is 4. The highest BCUT2D eigenvalue weighted by Gasteiger charge is 2.31.